The number of likely N-dealkylation sites (N-methyl/N-ethyl adjacent to an activating group) is 1. The fraction of sp³-hybridized carbons (Fsp3) is 0.438. The lowest BCUT2D eigenvalue weighted by atomic mass is 10.2. The van der Waals surface area contributed by atoms with E-state index in [-0.39, 0.29) is 11.7 Å². The zero-order valence-corrected chi connectivity index (χ0v) is 15.0. The van der Waals surface area contributed by atoms with Gasteiger partial charge in [-0.1, -0.05) is 19.1 Å². The topological polar surface area (TPSA) is 56.3 Å². The molecule has 0 saturated heterocycles. The van der Waals surface area contributed by atoms with Crippen molar-refractivity contribution in [2.45, 2.75) is 20.0 Å². The normalized spacial score (nSPS) is 12.2. The maximum Gasteiger partial charge on any atom is 0.275 e. The van der Waals surface area contributed by atoms with Gasteiger partial charge in [0.25, 0.3) is 5.91 Å². The Morgan fingerprint density at radius 2 is 2.12 bits per heavy atom. The van der Waals surface area contributed by atoms with Crippen LogP contribution in [0.15, 0.2) is 24.3 Å². The number of benzene rings is 1. The molecule has 2 aromatic rings. The van der Waals surface area contributed by atoms with Crippen molar-refractivity contribution in [2.75, 3.05) is 20.1 Å². The molecule has 6 nitrogen and oxygen atoms in total. The standard InChI is InChI=1S/C16H22FN5OS/c1-4-9-18-14(23)10-20(2)11-22-16(24)21(3)15(19-22)12-7-5-6-8-13(12)17/h5-8H,4,9-11H2,1-3H3,(H,18,23)/p+1. The van der Waals surface area contributed by atoms with E-state index in [9.17, 15) is 9.18 Å². The summed E-state index contributed by atoms with van der Waals surface area (Å²) in [6.45, 7) is 3.44. The SMILES string of the molecule is CCCNC(=O)C[NH+](C)Cn1nc(-c2ccccc2F)n(C)c1=S. The molecule has 1 aromatic carbocycles. The number of hydrogen-bond acceptors (Lipinski definition) is 3. The first-order valence-corrected chi connectivity index (χ1v) is 8.31. The van der Waals surface area contributed by atoms with Crippen LogP contribution in [0, 0.1) is 10.6 Å². The van der Waals surface area contributed by atoms with Gasteiger partial charge in [-0.2, -0.15) is 4.68 Å². The quantitative estimate of drug-likeness (QED) is 0.724. The zero-order valence-electron chi connectivity index (χ0n) is 14.2. The van der Waals surface area contributed by atoms with Crippen LogP contribution in [0.5, 0.6) is 0 Å². The van der Waals surface area contributed by atoms with E-state index in [1.165, 1.54) is 6.07 Å². The first kappa shape index (κ1) is 18.3. The Kier molecular flexibility index (Phi) is 6.22. The number of carbonyl (C=O) groups is 1. The second kappa shape index (κ2) is 8.16. The van der Waals surface area contributed by atoms with Crippen molar-refractivity contribution >= 4 is 18.1 Å². The van der Waals surface area contributed by atoms with Crippen LogP contribution >= 0.6 is 12.2 Å². The molecular weight excluding hydrogens is 329 g/mol. The highest BCUT2D eigenvalue weighted by molar-refractivity contribution is 7.71. The predicted molar refractivity (Wildman–Crippen MR) is 92.5 cm³/mol. The molecule has 2 rings (SSSR count). The van der Waals surface area contributed by atoms with Crippen LogP contribution in [0.4, 0.5) is 4.39 Å². The van der Waals surface area contributed by atoms with Gasteiger partial charge in [-0.15, -0.1) is 5.10 Å². The van der Waals surface area contributed by atoms with Crippen molar-refractivity contribution in [1.29, 1.82) is 0 Å². The van der Waals surface area contributed by atoms with Crippen LogP contribution in [-0.2, 0) is 18.5 Å². The molecule has 0 radical (unpaired) electrons. The molecule has 1 aromatic heterocycles. The lowest BCUT2D eigenvalue weighted by Crippen LogP contribution is -3.09. The first-order valence-electron chi connectivity index (χ1n) is 7.90. The lowest BCUT2D eigenvalue weighted by molar-refractivity contribution is -0.895. The number of rotatable bonds is 7. The smallest absolute Gasteiger partial charge is 0.275 e. The minimum Gasteiger partial charge on any atom is -0.351 e. The Morgan fingerprint density at radius 1 is 1.42 bits per heavy atom. The molecule has 0 bridgehead atoms. The van der Waals surface area contributed by atoms with Gasteiger partial charge in [0.2, 0.25) is 4.77 Å². The summed E-state index contributed by atoms with van der Waals surface area (Å²) in [5.41, 5.74) is 0.406. The molecular formula is C16H23FN5OS+. The third-order valence-corrected chi connectivity index (χ3v) is 4.09. The molecule has 0 spiro atoms. The summed E-state index contributed by atoms with van der Waals surface area (Å²) in [6.07, 6.45) is 0.905. The van der Waals surface area contributed by atoms with E-state index in [1.807, 2.05) is 14.0 Å². The van der Waals surface area contributed by atoms with Gasteiger partial charge in [0.1, 0.15) is 5.82 Å². The van der Waals surface area contributed by atoms with E-state index in [4.69, 9.17) is 12.2 Å². The van der Waals surface area contributed by atoms with Gasteiger partial charge in [-0.3, -0.25) is 4.79 Å². The van der Waals surface area contributed by atoms with Crippen molar-refractivity contribution in [1.82, 2.24) is 19.7 Å². The highest BCUT2D eigenvalue weighted by Gasteiger charge is 2.16. The van der Waals surface area contributed by atoms with Crippen molar-refractivity contribution in [2.24, 2.45) is 7.05 Å². The minimum absolute atomic E-state index is 0.00822. The summed E-state index contributed by atoms with van der Waals surface area (Å²) in [7, 11) is 3.65. The second-order valence-electron chi connectivity index (χ2n) is 5.79. The van der Waals surface area contributed by atoms with Crippen molar-refractivity contribution < 1.29 is 14.1 Å². The molecule has 0 aliphatic heterocycles. The van der Waals surface area contributed by atoms with E-state index in [0.717, 1.165) is 11.3 Å². The number of halogens is 1. The molecule has 1 heterocycles. The van der Waals surface area contributed by atoms with E-state index in [2.05, 4.69) is 10.4 Å². The van der Waals surface area contributed by atoms with E-state index < -0.39 is 0 Å². The fourth-order valence-corrected chi connectivity index (χ4v) is 2.57. The maximum atomic E-state index is 14.0. The summed E-state index contributed by atoms with van der Waals surface area (Å²) >= 11 is 5.39. The van der Waals surface area contributed by atoms with Crippen LogP contribution < -0.4 is 10.2 Å². The average Bonchev–Trinajstić information content (AvgIpc) is 2.81. The third kappa shape index (κ3) is 4.27. The Bertz CT molecular complexity index is 770. The maximum absolute atomic E-state index is 14.0. The number of hydrogen-bond donors (Lipinski definition) is 2. The third-order valence-electron chi connectivity index (χ3n) is 3.61. The summed E-state index contributed by atoms with van der Waals surface area (Å²) in [4.78, 5) is 12.7. The first-order chi connectivity index (χ1) is 11.4. The van der Waals surface area contributed by atoms with Crippen molar-refractivity contribution in [3.63, 3.8) is 0 Å². The molecule has 1 amide bonds. The summed E-state index contributed by atoms with van der Waals surface area (Å²) in [6, 6.07) is 6.46. The highest BCUT2D eigenvalue weighted by atomic mass is 32.1. The monoisotopic (exact) mass is 352 g/mol. The predicted octanol–water partition coefficient (Wildman–Crippen LogP) is 0.756. The van der Waals surface area contributed by atoms with Crippen LogP contribution in [0.25, 0.3) is 11.4 Å². The molecule has 1 unspecified atom stereocenters. The summed E-state index contributed by atoms with van der Waals surface area (Å²) < 4.78 is 17.8. The number of carbonyl (C=O) groups excluding carboxylic acids is 1. The number of nitrogens with one attached hydrogen (secondary N) is 2. The molecule has 0 saturated carbocycles. The molecule has 0 fully saturated rings. The molecule has 0 aliphatic carbocycles. The van der Waals surface area contributed by atoms with E-state index in [1.54, 1.807) is 34.5 Å². The van der Waals surface area contributed by atoms with Gasteiger partial charge in [0.05, 0.1) is 12.6 Å². The number of amides is 1. The van der Waals surface area contributed by atoms with Gasteiger partial charge >= 0.3 is 0 Å². The summed E-state index contributed by atoms with van der Waals surface area (Å²) in [5.74, 6) is 0.125. The Labute approximate surface area is 145 Å². The largest absolute Gasteiger partial charge is 0.351 e. The lowest BCUT2D eigenvalue weighted by Gasteiger charge is -2.13. The van der Waals surface area contributed by atoms with Crippen molar-refractivity contribution in [3.05, 3.63) is 34.9 Å². The second-order valence-corrected chi connectivity index (χ2v) is 6.15. The van der Waals surface area contributed by atoms with Gasteiger partial charge in [0, 0.05) is 13.6 Å². The number of aromatic nitrogens is 3. The summed E-state index contributed by atoms with van der Waals surface area (Å²) in [5, 5.41) is 7.28. The van der Waals surface area contributed by atoms with Crippen LogP contribution in [-0.4, -0.2) is 40.4 Å². The highest BCUT2D eigenvalue weighted by Crippen LogP contribution is 2.20. The van der Waals surface area contributed by atoms with E-state index in [0.29, 0.717) is 35.9 Å². The fourth-order valence-electron chi connectivity index (χ4n) is 2.38. The Balaban J connectivity index is 2.15. The van der Waals surface area contributed by atoms with Gasteiger partial charge in [0.15, 0.2) is 19.0 Å². The van der Waals surface area contributed by atoms with Gasteiger partial charge < -0.3 is 14.8 Å². The van der Waals surface area contributed by atoms with Crippen molar-refractivity contribution in [3.8, 4) is 11.4 Å². The average molecular weight is 352 g/mol. The number of nitrogens with zero attached hydrogens (tertiary/aromatic N) is 3. The molecule has 0 aliphatic rings. The Hall–Kier alpha value is -2.06. The zero-order chi connectivity index (χ0) is 17.7. The Morgan fingerprint density at radius 3 is 2.79 bits per heavy atom. The molecule has 130 valence electrons. The number of quaternary nitrogens is 1. The molecule has 8 heteroatoms. The minimum atomic E-state index is -0.340. The van der Waals surface area contributed by atoms with Gasteiger partial charge in [-0.05, 0) is 30.8 Å². The van der Waals surface area contributed by atoms with Crippen LogP contribution in [0.2, 0.25) is 0 Å². The van der Waals surface area contributed by atoms with Crippen LogP contribution in [0.1, 0.15) is 13.3 Å². The molecule has 1 atom stereocenters. The van der Waals surface area contributed by atoms with E-state index >= 15 is 0 Å². The molecule has 2 N–H and O–H groups in total. The molecule has 24 heavy (non-hydrogen) atoms. The van der Waals surface area contributed by atoms with Crippen LogP contribution in [0.3, 0.4) is 0 Å². The van der Waals surface area contributed by atoms with Gasteiger partial charge in [-0.25, -0.2) is 4.39 Å².